The zero-order valence-electron chi connectivity index (χ0n) is 8.97. The minimum absolute atomic E-state index is 0.534. The summed E-state index contributed by atoms with van der Waals surface area (Å²) in [4.78, 5) is 15.2. The Hall–Kier alpha value is -1.64. The quantitative estimate of drug-likeness (QED) is 0.716. The van der Waals surface area contributed by atoms with Crippen molar-refractivity contribution in [3.63, 3.8) is 0 Å². The lowest BCUT2D eigenvalue weighted by Gasteiger charge is -2.02. The first kappa shape index (κ1) is 9.90. The lowest BCUT2D eigenvalue weighted by Crippen LogP contribution is -1.99. The molecular formula is C12H14N2O. The molecule has 2 heterocycles. The number of carbonyl (C=O) groups excluding carboxylic acids is 1. The second-order valence-corrected chi connectivity index (χ2v) is 4.08. The minimum atomic E-state index is 0.534. The summed E-state index contributed by atoms with van der Waals surface area (Å²) in [5, 5.41) is 0. The summed E-state index contributed by atoms with van der Waals surface area (Å²) in [6, 6.07) is 5.79. The predicted octanol–water partition coefficient (Wildman–Crippen LogP) is 2.35. The molecule has 0 atom stereocenters. The molecule has 0 N–H and O–H groups in total. The van der Waals surface area contributed by atoms with Gasteiger partial charge in [-0.15, -0.1) is 0 Å². The predicted molar refractivity (Wildman–Crippen MR) is 59.1 cm³/mol. The fraction of sp³-hybridized carbons (Fsp3) is 0.333. The second kappa shape index (κ2) is 3.85. The van der Waals surface area contributed by atoms with Gasteiger partial charge < -0.3 is 4.40 Å². The summed E-state index contributed by atoms with van der Waals surface area (Å²) in [7, 11) is 0. The van der Waals surface area contributed by atoms with Gasteiger partial charge in [-0.25, -0.2) is 4.98 Å². The van der Waals surface area contributed by atoms with Crippen LogP contribution in [0.2, 0.25) is 0 Å². The highest BCUT2D eigenvalue weighted by molar-refractivity contribution is 5.83. The van der Waals surface area contributed by atoms with Crippen molar-refractivity contribution >= 4 is 11.8 Å². The zero-order chi connectivity index (χ0) is 10.8. The third-order valence-electron chi connectivity index (χ3n) is 2.35. The molecule has 2 rings (SSSR count). The van der Waals surface area contributed by atoms with Gasteiger partial charge in [0, 0.05) is 12.6 Å². The summed E-state index contributed by atoms with van der Waals surface area (Å²) >= 11 is 0. The summed E-state index contributed by atoms with van der Waals surface area (Å²) in [5.74, 6) is 1.50. The van der Waals surface area contributed by atoms with Crippen LogP contribution in [0.1, 0.15) is 30.2 Å². The second-order valence-electron chi connectivity index (χ2n) is 4.08. The Morgan fingerprint density at radius 1 is 1.47 bits per heavy atom. The molecule has 3 heteroatoms. The van der Waals surface area contributed by atoms with E-state index in [1.807, 2.05) is 28.8 Å². The molecule has 78 valence electrons. The van der Waals surface area contributed by atoms with Gasteiger partial charge in [-0.2, -0.15) is 0 Å². The van der Waals surface area contributed by atoms with Gasteiger partial charge in [-0.1, -0.05) is 19.9 Å². The lowest BCUT2D eigenvalue weighted by molar-refractivity contribution is 0.112. The topological polar surface area (TPSA) is 34.4 Å². The average molecular weight is 202 g/mol. The molecule has 0 spiro atoms. The molecule has 0 unspecified atom stereocenters. The number of carbonyl (C=O) groups is 1. The highest BCUT2D eigenvalue weighted by Crippen LogP contribution is 2.14. The van der Waals surface area contributed by atoms with E-state index in [0.29, 0.717) is 11.6 Å². The first-order valence-electron chi connectivity index (χ1n) is 5.13. The molecule has 0 amide bonds. The van der Waals surface area contributed by atoms with Crippen LogP contribution in [0.15, 0.2) is 24.4 Å². The summed E-state index contributed by atoms with van der Waals surface area (Å²) in [6.45, 7) is 4.29. The van der Waals surface area contributed by atoms with Crippen molar-refractivity contribution in [3.8, 4) is 0 Å². The molecule has 2 aromatic heterocycles. The van der Waals surface area contributed by atoms with E-state index in [1.54, 1.807) is 0 Å². The molecule has 0 aliphatic rings. The maximum absolute atomic E-state index is 10.8. The summed E-state index contributed by atoms with van der Waals surface area (Å²) in [5.41, 5.74) is 1.43. The van der Waals surface area contributed by atoms with E-state index < -0.39 is 0 Å². The minimum Gasteiger partial charge on any atom is -0.303 e. The van der Waals surface area contributed by atoms with Crippen LogP contribution >= 0.6 is 0 Å². The molecule has 0 aliphatic carbocycles. The number of pyridine rings is 1. The fourth-order valence-electron chi connectivity index (χ4n) is 1.72. The van der Waals surface area contributed by atoms with Crippen molar-refractivity contribution in [2.24, 2.45) is 5.92 Å². The highest BCUT2D eigenvalue weighted by Gasteiger charge is 2.10. The number of rotatable bonds is 3. The lowest BCUT2D eigenvalue weighted by atomic mass is 10.1. The molecule has 0 bridgehead atoms. The van der Waals surface area contributed by atoms with Gasteiger partial charge in [0.25, 0.3) is 0 Å². The molecule has 0 aromatic carbocycles. The van der Waals surface area contributed by atoms with Crippen LogP contribution in [0.5, 0.6) is 0 Å². The molecule has 2 aromatic rings. The van der Waals surface area contributed by atoms with E-state index in [0.717, 1.165) is 24.0 Å². The summed E-state index contributed by atoms with van der Waals surface area (Å²) < 4.78 is 1.99. The van der Waals surface area contributed by atoms with Crippen molar-refractivity contribution in [2.45, 2.75) is 20.3 Å². The van der Waals surface area contributed by atoms with Crippen molar-refractivity contribution < 1.29 is 4.79 Å². The van der Waals surface area contributed by atoms with Gasteiger partial charge in [0.05, 0.1) is 5.52 Å². The highest BCUT2D eigenvalue weighted by atomic mass is 16.1. The number of nitrogens with zero attached hydrogens (tertiary/aromatic N) is 2. The molecule has 3 nitrogen and oxygen atoms in total. The normalized spacial score (nSPS) is 11.1. The van der Waals surface area contributed by atoms with Crippen molar-refractivity contribution in [2.75, 3.05) is 0 Å². The van der Waals surface area contributed by atoms with Gasteiger partial charge in [-0.3, -0.25) is 4.79 Å². The van der Waals surface area contributed by atoms with Crippen LogP contribution in [-0.2, 0) is 6.42 Å². The SMILES string of the molecule is CC(C)Cc1nc(C=O)c2ccccn12. The van der Waals surface area contributed by atoms with Crippen molar-refractivity contribution in [1.29, 1.82) is 0 Å². The Morgan fingerprint density at radius 2 is 2.27 bits per heavy atom. The van der Waals surface area contributed by atoms with Crippen LogP contribution < -0.4 is 0 Å². The zero-order valence-corrected chi connectivity index (χ0v) is 8.97. The Morgan fingerprint density at radius 3 is 2.93 bits per heavy atom. The number of hydrogen-bond donors (Lipinski definition) is 0. The van der Waals surface area contributed by atoms with E-state index >= 15 is 0 Å². The van der Waals surface area contributed by atoms with E-state index in [4.69, 9.17) is 0 Å². The van der Waals surface area contributed by atoms with Crippen LogP contribution in [0.25, 0.3) is 5.52 Å². The molecular weight excluding hydrogens is 188 g/mol. The number of fused-ring (bicyclic) bond motifs is 1. The number of hydrogen-bond acceptors (Lipinski definition) is 2. The fourth-order valence-corrected chi connectivity index (χ4v) is 1.72. The van der Waals surface area contributed by atoms with Gasteiger partial charge in [-0.05, 0) is 18.1 Å². The van der Waals surface area contributed by atoms with E-state index in [9.17, 15) is 4.79 Å². The van der Waals surface area contributed by atoms with Gasteiger partial charge in [0.15, 0.2) is 6.29 Å². The maximum atomic E-state index is 10.8. The molecule has 0 aliphatic heterocycles. The van der Waals surface area contributed by atoms with Crippen LogP contribution in [0.4, 0.5) is 0 Å². The first-order valence-corrected chi connectivity index (χ1v) is 5.13. The van der Waals surface area contributed by atoms with Crippen LogP contribution in [0.3, 0.4) is 0 Å². The Bertz CT molecular complexity index is 485. The average Bonchev–Trinajstić information content (AvgIpc) is 2.56. The van der Waals surface area contributed by atoms with Crippen molar-refractivity contribution in [1.82, 2.24) is 9.38 Å². The Balaban J connectivity index is 2.59. The molecule has 0 radical (unpaired) electrons. The summed E-state index contributed by atoms with van der Waals surface area (Å²) in [6.07, 6.45) is 3.66. The van der Waals surface area contributed by atoms with Gasteiger partial charge in [0.2, 0.25) is 0 Å². The van der Waals surface area contributed by atoms with Crippen molar-refractivity contribution in [3.05, 3.63) is 35.9 Å². The van der Waals surface area contributed by atoms with Crippen LogP contribution in [-0.4, -0.2) is 15.7 Å². The molecule has 0 saturated carbocycles. The van der Waals surface area contributed by atoms with E-state index in [-0.39, 0.29) is 0 Å². The first-order chi connectivity index (χ1) is 7.22. The standard InChI is InChI=1S/C12H14N2O/c1-9(2)7-12-13-10(8-15)11-5-3-4-6-14(11)12/h3-6,8-9H,7H2,1-2H3. The maximum Gasteiger partial charge on any atom is 0.170 e. The molecule has 15 heavy (non-hydrogen) atoms. The Kier molecular flexibility index (Phi) is 2.54. The number of imidazole rings is 1. The third-order valence-corrected chi connectivity index (χ3v) is 2.35. The third kappa shape index (κ3) is 1.77. The number of aldehydes is 1. The van der Waals surface area contributed by atoms with Gasteiger partial charge in [0.1, 0.15) is 11.5 Å². The molecule has 0 fully saturated rings. The number of aromatic nitrogens is 2. The Labute approximate surface area is 88.8 Å². The smallest absolute Gasteiger partial charge is 0.170 e. The monoisotopic (exact) mass is 202 g/mol. The molecule has 0 saturated heterocycles. The largest absolute Gasteiger partial charge is 0.303 e. The van der Waals surface area contributed by atoms with Gasteiger partial charge >= 0.3 is 0 Å². The van der Waals surface area contributed by atoms with E-state index in [2.05, 4.69) is 18.8 Å². The van der Waals surface area contributed by atoms with E-state index in [1.165, 1.54) is 0 Å². The van der Waals surface area contributed by atoms with Crippen LogP contribution in [0, 0.1) is 5.92 Å².